The third-order valence-corrected chi connectivity index (χ3v) is 5.15. The number of benzene rings is 2. The summed E-state index contributed by atoms with van der Waals surface area (Å²) in [5.41, 5.74) is 0.964. The van der Waals surface area contributed by atoms with Crippen molar-refractivity contribution >= 4 is 17.4 Å². The minimum absolute atomic E-state index is 0.0350. The molecular weight excluding hydrogens is 384 g/mol. The van der Waals surface area contributed by atoms with Crippen molar-refractivity contribution in [1.82, 2.24) is 4.90 Å². The lowest BCUT2D eigenvalue weighted by molar-refractivity contribution is -0.857. The highest BCUT2D eigenvalue weighted by molar-refractivity contribution is 6.46. The van der Waals surface area contributed by atoms with Crippen LogP contribution >= 0.6 is 0 Å². The Morgan fingerprint density at radius 2 is 1.70 bits per heavy atom. The maximum Gasteiger partial charge on any atom is 0.295 e. The largest absolute Gasteiger partial charge is 0.872 e. The number of ether oxygens (including phenoxy) is 2. The molecule has 2 aromatic carbocycles. The van der Waals surface area contributed by atoms with Crippen LogP contribution in [0.25, 0.3) is 5.76 Å². The van der Waals surface area contributed by atoms with E-state index in [1.54, 1.807) is 55.6 Å². The molecule has 1 atom stereocenters. The number of likely N-dealkylation sites (N-methyl/N-ethyl adjacent to an activating group) is 1. The molecule has 0 radical (unpaired) electrons. The van der Waals surface area contributed by atoms with Gasteiger partial charge in [0.05, 0.1) is 47.4 Å². The summed E-state index contributed by atoms with van der Waals surface area (Å²) >= 11 is 0. The fourth-order valence-corrected chi connectivity index (χ4v) is 3.50. The van der Waals surface area contributed by atoms with Gasteiger partial charge in [-0.05, 0) is 35.4 Å². The summed E-state index contributed by atoms with van der Waals surface area (Å²) in [6.07, 6.45) is 0. The maximum atomic E-state index is 13.3. The number of quaternary nitrogens is 1. The van der Waals surface area contributed by atoms with Crippen molar-refractivity contribution in [2.75, 3.05) is 41.4 Å². The highest BCUT2D eigenvalue weighted by atomic mass is 16.5. The predicted molar refractivity (Wildman–Crippen MR) is 110 cm³/mol. The Balaban J connectivity index is 2.13. The van der Waals surface area contributed by atoms with Gasteiger partial charge in [0.15, 0.2) is 0 Å². The molecule has 1 aliphatic rings. The SMILES string of the molecule is COc1ccc(C2/C(=C(\[O-])c3cccc(OC)c3)C(=O)C(=O)N2CC[NH+](C)C)cc1. The number of nitrogens with one attached hydrogen (secondary N) is 1. The molecule has 1 heterocycles. The molecule has 0 saturated carbocycles. The summed E-state index contributed by atoms with van der Waals surface area (Å²) in [6.45, 7) is 1.00. The molecule has 30 heavy (non-hydrogen) atoms. The summed E-state index contributed by atoms with van der Waals surface area (Å²) in [6, 6.07) is 12.9. The number of likely N-dealkylation sites (tertiary alicyclic amines) is 1. The predicted octanol–water partition coefficient (Wildman–Crippen LogP) is 0.0723. The standard InChI is InChI=1S/C23H26N2O5/c1-24(2)12-13-25-20(15-8-10-17(29-3)11-9-15)19(22(27)23(25)28)21(26)16-6-5-7-18(14-16)30-4/h5-11,14,20,26H,12-13H2,1-4H3/b21-19+. The van der Waals surface area contributed by atoms with E-state index in [4.69, 9.17) is 9.47 Å². The lowest BCUT2D eigenvalue weighted by Crippen LogP contribution is -3.06. The van der Waals surface area contributed by atoms with Crippen molar-refractivity contribution in [3.63, 3.8) is 0 Å². The molecule has 1 amide bonds. The number of ketones is 1. The summed E-state index contributed by atoms with van der Waals surface area (Å²) in [5.74, 6) is -0.708. The van der Waals surface area contributed by atoms with Gasteiger partial charge in [-0.1, -0.05) is 30.0 Å². The van der Waals surface area contributed by atoms with Gasteiger partial charge >= 0.3 is 0 Å². The first-order valence-corrected chi connectivity index (χ1v) is 9.71. The number of nitrogens with zero attached hydrogens (tertiary/aromatic N) is 1. The second-order valence-electron chi connectivity index (χ2n) is 7.44. The van der Waals surface area contributed by atoms with E-state index >= 15 is 0 Å². The zero-order chi connectivity index (χ0) is 21.8. The van der Waals surface area contributed by atoms with E-state index < -0.39 is 23.5 Å². The molecule has 0 aliphatic carbocycles. The third-order valence-electron chi connectivity index (χ3n) is 5.15. The molecule has 1 unspecified atom stereocenters. The lowest BCUT2D eigenvalue weighted by atomic mass is 9.95. The molecule has 7 nitrogen and oxygen atoms in total. The van der Waals surface area contributed by atoms with E-state index in [1.165, 1.54) is 12.0 Å². The van der Waals surface area contributed by atoms with E-state index in [9.17, 15) is 14.7 Å². The van der Waals surface area contributed by atoms with Crippen molar-refractivity contribution in [2.24, 2.45) is 0 Å². The number of carbonyl (C=O) groups is 2. The van der Waals surface area contributed by atoms with Crippen LogP contribution in [0.4, 0.5) is 0 Å². The normalized spacial score (nSPS) is 18.2. The lowest BCUT2D eigenvalue weighted by Gasteiger charge is -2.28. The molecule has 1 saturated heterocycles. The number of rotatable bonds is 7. The van der Waals surface area contributed by atoms with Gasteiger partial charge in [0.25, 0.3) is 5.91 Å². The maximum absolute atomic E-state index is 13.3. The van der Waals surface area contributed by atoms with Gasteiger partial charge in [-0.3, -0.25) is 9.59 Å². The Labute approximate surface area is 176 Å². The van der Waals surface area contributed by atoms with Gasteiger partial charge in [-0.2, -0.15) is 0 Å². The van der Waals surface area contributed by atoms with E-state index in [-0.39, 0.29) is 5.57 Å². The molecule has 7 heteroatoms. The minimum Gasteiger partial charge on any atom is -0.872 e. The molecule has 1 N–H and O–H groups in total. The molecule has 2 aromatic rings. The molecule has 1 fully saturated rings. The Morgan fingerprint density at radius 1 is 1.03 bits per heavy atom. The van der Waals surface area contributed by atoms with Gasteiger partial charge in [0.1, 0.15) is 11.5 Å². The zero-order valence-corrected chi connectivity index (χ0v) is 17.6. The van der Waals surface area contributed by atoms with Crippen LogP contribution in [-0.2, 0) is 9.59 Å². The molecule has 0 bridgehead atoms. The van der Waals surface area contributed by atoms with E-state index in [2.05, 4.69) is 0 Å². The molecule has 158 valence electrons. The third kappa shape index (κ3) is 4.16. The first kappa shape index (κ1) is 21.4. The van der Waals surface area contributed by atoms with Crippen molar-refractivity contribution in [2.45, 2.75) is 6.04 Å². The van der Waals surface area contributed by atoms with Crippen LogP contribution < -0.4 is 19.5 Å². The fourth-order valence-electron chi connectivity index (χ4n) is 3.50. The van der Waals surface area contributed by atoms with Crippen molar-refractivity contribution in [3.05, 3.63) is 65.2 Å². The number of methoxy groups -OCH3 is 2. The quantitative estimate of drug-likeness (QED) is 0.397. The van der Waals surface area contributed by atoms with Crippen molar-refractivity contribution < 1.29 is 29.1 Å². The van der Waals surface area contributed by atoms with Crippen LogP contribution in [0.2, 0.25) is 0 Å². The number of hydrogen-bond acceptors (Lipinski definition) is 5. The Bertz CT molecular complexity index is 966. The zero-order valence-electron chi connectivity index (χ0n) is 17.6. The first-order valence-electron chi connectivity index (χ1n) is 9.71. The van der Waals surface area contributed by atoms with E-state index in [0.29, 0.717) is 35.7 Å². The van der Waals surface area contributed by atoms with Crippen LogP contribution in [0.1, 0.15) is 17.2 Å². The summed E-state index contributed by atoms with van der Waals surface area (Å²) < 4.78 is 10.4. The monoisotopic (exact) mass is 410 g/mol. The average Bonchev–Trinajstić information content (AvgIpc) is 3.02. The van der Waals surface area contributed by atoms with Crippen LogP contribution in [-0.4, -0.2) is 58.0 Å². The summed E-state index contributed by atoms with van der Waals surface area (Å²) in [7, 11) is 7.01. The van der Waals surface area contributed by atoms with Crippen LogP contribution in [0.5, 0.6) is 11.5 Å². The van der Waals surface area contributed by atoms with Gasteiger partial charge < -0.3 is 24.4 Å². The Hall–Kier alpha value is -3.32. The molecule has 0 spiro atoms. The van der Waals surface area contributed by atoms with Gasteiger partial charge in [-0.15, -0.1) is 0 Å². The fraction of sp³-hybridized carbons (Fsp3) is 0.304. The van der Waals surface area contributed by atoms with Crippen LogP contribution in [0.3, 0.4) is 0 Å². The second-order valence-corrected chi connectivity index (χ2v) is 7.44. The topological polar surface area (TPSA) is 83.3 Å². The van der Waals surface area contributed by atoms with Gasteiger partial charge in [-0.25, -0.2) is 0 Å². The minimum atomic E-state index is -0.752. The van der Waals surface area contributed by atoms with Crippen LogP contribution in [0, 0.1) is 0 Å². The van der Waals surface area contributed by atoms with E-state index in [1.807, 2.05) is 14.1 Å². The number of amides is 1. The van der Waals surface area contributed by atoms with Crippen molar-refractivity contribution in [1.29, 1.82) is 0 Å². The van der Waals surface area contributed by atoms with Crippen LogP contribution in [0.15, 0.2) is 54.1 Å². The number of Topliss-reactive ketones (excluding diaryl/α,β-unsaturated/α-hetero) is 1. The number of carbonyl (C=O) groups excluding carboxylic acids is 2. The highest BCUT2D eigenvalue weighted by Crippen LogP contribution is 2.39. The molecule has 1 aliphatic heterocycles. The number of hydrogen-bond donors (Lipinski definition) is 1. The van der Waals surface area contributed by atoms with Crippen molar-refractivity contribution in [3.8, 4) is 11.5 Å². The Morgan fingerprint density at radius 3 is 2.30 bits per heavy atom. The van der Waals surface area contributed by atoms with Gasteiger partial charge in [0, 0.05) is 5.57 Å². The summed E-state index contributed by atoms with van der Waals surface area (Å²) in [5, 5.41) is 13.3. The highest BCUT2D eigenvalue weighted by Gasteiger charge is 2.44. The smallest absolute Gasteiger partial charge is 0.295 e. The first-order chi connectivity index (χ1) is 14.4. The Kier molecular flexibility index (Phi) is 6.42. The summed E-state index contributed by atoms with van der Waals surface area (Å²) in [4.78, 5) is 28.4. The molecular formula is C23H26N2O5. The molecule has 0 aromatic heterocycles. The molecule has 3 rings (SSSR count). The average molecular weight is 410 g/mol. The van der Waals surface area contributed by atoms with E-state index in [0.717, 1.165) is 4.90 Å². The second kappa shape index (κ2) is 9.00. The van der Waals surface area contributed by atoms with Gasteiger partial charge in [0.2, 0.25) is 5.78 Å².